The van der Waals surface area contributed by atoms with Crippen LogP contribution in [0.25, 0.3) is 10.1 Å². The van der Waals surface area contributed by atoms with Crippen molar-refractivity contribution in [1.82, 2.24) is 10.2 Å². The summed E-state index contributed by atoms with van der Waals surface area (Å²) in [4.78, 5) is 15.4. The predicted molar refractivity (Wildman–Crippen MR) is 88.8 cm³/mol. The van der Waals surface area contributed by atoms with Crippen LogP contribution in [0.15, 0.2) is 24.3 Å². The molecule has 0 saturated carbocycles. The molecule has 1 aliphatic rings. The standard InChI is InChI=1S/C16H21N3OS/c1-2-19-9-5-6-11(19)10-18-16(20)15-14(17)12-7-3-4-8-13(12)21-15/h3-4,7-8,11H,2,5-6,9-10,17H2,1H3,(H,18,20). The molecule has 3 N–H and O–H groups in total. The smallest absolute Gasteiger partial charge is 0.263 e. The van der Waals surface area contributed by atoms with Crippen LogP contribution in [-0.2, 0) is 0 Å². The number of nitrogen functional groups attached to an aromatic ring is 1. The summed E-state index contributed by atoms with van der Waals surface area (Å²) in [5.41, 5.74) is 6.72. The molecule has 21 heavy (non-hydrogen) atoms. The highest BCUT2D eigenvalue weighted by molar-refractivity contribution is 7.21. The highest BCUT2D eigenvalue weighted by Gasteiger charge is 2.24. The molecule has 1 aromatic heterocycles. The van der Waals surface area contributed by atoms with E-state index >= 15 is 0 Å². The number of amides is 1. The van der Waals surface area contributed by atoms with Crippen LogP contribution in [0.2, 0.25) is 0 Å². The third-order valence-electron chi connectivity index (χ3n) is 4.24. The second-order valence-electron chi connectivity index (χ2n) is 5.48. The fourth-order valence-corrected chi connectivity index (χ4v) is 4.11. The zero-order valence-corrected chi connectivity index (χ0v) is 13.1. The molecule has 1 aromatic carbocycles. The number of carbonyl (C=O) groups is 1. The van der Waals surface area contributed by atoms with Crippen LogP contribution >= 0.6 is 11.3 Å². The summed E-state index contributed by atoms with van der Waals surface area (Å²) in [5, 5.41) is 4.03. The molecule has 3 rings (SSSR count). The van der Waals surface area contributed by atoms with Gasteiger partial charge >= 0.3 is 0 Å². The number of likely N-dealkylation sites (N-methyl/N-ethyl adjacent to an activating group) is 1. The minimum Gasteiger partial charge on any atom is -0.397 e. The fraction of sp³-hybridized carbons (Fsp3) is 0.438. The Morgan fingerprint density at radius 3 is 3.05 bits per heavy atom. The number of nitrogens with zero attached hydrogens (tertiary/aromatic N) is 1. The molecule has 1 aliphatic heterocycles. The summed E-state index contributed by atoms with van der Waals surface area (Å²) in [6, 6.07) is 8.36. The first-order chi connectivity index (χ1) is 10.2. The van der Waals surface area contributed by atoms with E-state index in [0.717, 1.165) is 29.6 Å². The molecule has 0 radical (unpaired) electrons. The Morgan fingerprint density at radius 2 is 2.29 bits per heavy atom. The number of likely N-dealkylation sites (tertiary alicyclic amines) is 1. The Hall–Kier alpha value is -1.59. The maximum Gasteiger partial charge on any atom is 0.263 e. The van der Waals surface area contributed by atoms with Crippen molar-refractivity contribution in [3.63, 3.8) is 0 Å². The van der Waals surface area contributed by atoms with Crippen LogP contribution < -0.4 is 11.1 Å². The summed E-state index contributed by atoms with van der Waals surface area (Å²) in [6.45, 7) is 5.07. The normalized spacial score (nSPS) is 19.2. The number of thiophene rings is 1. The molecule has 1 atom stereocenters. The number of benzene rings is 1. The van der Waals surface area contributed by atoms with Crippen molar-refractivity contribution < 1.29 is 4.79 Å². The Kier molecular flexibility index (Phi) is 4.12. The van der Waals surface area contributed by atoms with Gasteiger partial charge in [-0.3, -0.25) is 9.69 Å². The van der Waals surface area contributed by atoms with Crippen molar-refractivity contribution in [2.45, 2.75) is 25.8 Å². The number of carbonyl (C=O) groups excluding carboxylic acids is 1. The molecule has 112 valence electrons. The molecule has 1 amide bonds. The summed E-state index contributed by atoms with van der Waals surface area (Å²) in [5.74, 6) is -0.0448. The van der Waals surface area contributed by atoms with Crippen LogP contribution in [0.4, 0.5) is 5.69 Å². The average molecular weight is 303 g/mol. The minimum atomic E-state index is -0.0448. The number of hydrogen-bond donors (Lipinski definition) is 2. The zero-order chi connectivity index (χ0) is 14.8. The fourth-order valence-electron chi connectivity index (χ4n) is 3.07. The van der Waals surface area contributed by atoms with Crippen molar-refractivity contribution in [2.24, 2.45) is 0 Å². The van der Waals surface area contributed by atoms with E-state index in [1.165, 1.54) is 17.8 Å². The number of hydrogen-bond acceptors (Lipinski definition) is 4. The Labute approximate surface area is 128 Å². The predicted octanol–water partition coefficient (Wildman–Crippen LogP) is 2.70. The molecule has 1 fully saturated rings. The van der Waals surface area contributed by atoms with E-state index in [9.17, 15) is 4.79 Å². The van der Waals surface area contributed by atoms with Crippen LogP contribution in [0.5, 0.6) is 0 Å². The van der Waals surface area contributed by atoms with Gasteiger partial charge in [0.1, 0.15) is 4.88 Å². The highest BCUT2D eigenvalue weighted by Crippen LogP contribution is 2.33. The first kappa shape index (κ1) is 14.4. The van der Waals surface area contributed by atoms with Gasteiger partial charge in [-0.15, -0.1) is 11.3 Å². The summed E-state index contributed by atoms with van der Waals surface area (Å²) in [6.07, 6.45) is 2.38. The van der Waals surface area contributed by atoms with Gasteiger partial charge in [-0.2, -0.15) is 0 Å². The van der Waals surface area contributed by atoms with Crippen molar-refractivity contribution in [2.75, 3.05) is 25.4 Å². The highest BCUT2D eigenvalue weighted by atomic mass is 32.1. The molecule has 5 heteroatoms. The monoisotopic (exact) mass is 303 g/mol. The summed E-state index contributed by atoms with van der Waals surface area (Å²) in [7, 11) is 0. The van der Waals surface area contributed by atoms with E-state index in [-0.39, 0.29) is 5.91 Å². The van der Waals surface area contributed by atoms with Crippen LogP contribution in [0.3, 0.4) is 0 Å². The number of anilines is 1. The largest absolute Gasteiger partial charge is 0.397 e. The molecule has 0 aliphatic carbocycles. The van der Waals surface area contributed by atoms with Gasteiger partial charge in [-0.25, -0.2) is 0 Å². The lowest BCUT2D eigenvalue weighted by atomic mass is 10.2. The summed E-state index contributed by atoms with van der Waals surface area (Å²) >= 11 is 1.47. The lowest BCUT2D eigenvalue weighted by Crippen LogP contribution is -2.39. The summed E-state index contributed by atoms with van der Waals surface area (Å²) < 4.78 is 1.07. The first-order valence-corrected chi connectivity index (χ1v) is 8.31. The van der Waals surface area contributed by atoms with Gasteiger partial charge in [0, 0.05) is 22.7 Å². The molecular formula is C16H21N3OS. The van der Waals surface area contributed by atoms with Gasteiger partial charge in [0.15, 0.2) is 0 Å². The van der Waals surface area contributed by atoms with E-state index in [0.29, 0.717) is 23.2 Å². The van der Waals surface area contributed by atoms with Crippen LogP contribution in [0, 0.1) is 0 Å². The van der Waals surface area contributed by atoms with E-state index < -0.39 is 0 Å². The molecule has 0 spiro atoms. The van der Waals surface area contributed by atoms with E-state index in [1.807, 2.05) is 24.3 Å². The van der Waals surface area contributed by atoms with Crippen molar-refractivity contribution >= 4 is 33.0 Å². The Bertz CT molecular complexity index is 652. The lowest BCUT2D eigenvalue weighted by Gasteiger charge is -2.22. The number of nitrogens with two attached hydrogens (primary N) is 1. The third-order valence-corrected chi connectivity index (χ3v) is 5.43. The molecular weight excluding hydrogens is 282 g/mol. The van der Waals surface area contributed by atoms with Gasteiger partial charge in [-0.1, -0.05) is 25.1 Å². The van der Waals surface area contributed by atoms with Gasteiger partial charge in [0.2, 0.25) is 0 Å². The van der Waals surface area contributed by atoms with Gasteiger partial charge < -0.3 is 11.1 Å². The number of nitrogens with one attached hydrogen (secondary N) is 1. The number of rotatable bonds is 4. The number of fused-ring (bicyclic) bond motifs is 1. The second-order valence-corrected chi connectivity index (χ2v) is 6.53. The molecule has 1 unspecified atom stereocenters. The average Bonchev–Trinajstić information content (AvgIpc) is 3.09. The van der Waals surface area contributed by atoms with Crippen molar-refractivity contribution in [3.05, 3.63) is 29.1 Å². The SMILES string of the molecule is CCN1CCCC1CNC(=O)c1sc2ccccc2c1N. The van der Waals surface area contributed by atoms with Crippen molar-refractivity contribution in [1.29, 1.82) is 0 Å². The maximum atomic E-state index is 12.4. The zero-order valence-electron chi connectivity index (χ0n) is 12.3. The minimum absolute atomic E-state index is 0.0448. The van der Waals surface area contributed by atoms with Gasteiger partial charge in [-0.05, 0) is 32.0 Å². The lowest BCUT2D eigenvalue weighted by molar-refractivity contribution is 0.0946. The molecule has 1 saturated heterocycles. The molecule has 0 bridgehead atoms. The third kappa shape index (κ3) is 2.76. The van der Waals surface area contributed by atoms with Gasteiger partial charge in [0.25, 0.3) is 5.91 Å². The molecule has 2 heterocycles. The van der Waals surface area contributed by atoms with E-state index in [2.05, 4.69) is 17.1 Å². The quantitative estimate of drug-likeness (QED) is 0.913. The Morgan fingerprint density at radius 1 is 1.48 bits per heavy atom. The molecule has 4 nitrogen and oxygen atoms in total. The van der Waals surface area contributed by atoms with Crippen molar-refractivity contribution in [3.8, 4) is 0 Å². The van der Waals surface area contributed by atoms with Gasteiger partial charge in [0.05, 0.1) is 5.69 Å². The molecule has 2 aromatic rings. The van der Waals surface area contributed by atoms with E-state index in [4.69, 9.17) is 5.73 Å². The van der Waals surface area contributed by atoms with E-state index in [1.54, 1.807) is 0 Å². The second kappa shape index (κ2) is 6.03. The maximum absolute atomic E-state index is 12.4. The first-order valence-electron chi connectivity index (χ1n) is 7.50. The Balaban J connectivity index is 1.71. The topological polar surface area (TPSA) is 58.4 Å². The van der Waals surface area contributed by atoms with Crippen LogP contribution in [0.1, 0.15) is 29.4 Å². The van der Waals surface area contributed by atoms with Crippen LogP contribution in [-0.4, -0.2) is 36.5 Å².